The summed E-state index contributed by atoms with van der Waals surface area (Å²) in [6.45, 7) is 0. The zero-order valence-electron chi connectivity index (χ0n) is 7.01. The van der Waals surface area contributed by atoms with Crippen molar-refractivity contribution in [1.82, 2.24) is 19.4 Å². The van der Waals surface area contributed by atoms with Gasteiger partial charge in [-0.05, 0) is 11.5 Å². The summed E-state index contributed by atoms with van der Waals surface area (Å²) in [7, 11) is 3.00. The second-order valence-corrected chi connectivity index (χ2v) is 3.14. The summed E-state index contributed by atoms with van der Waals surface area (Å²) in [6.07, 6.45) is 0. The highest BCUT2D eigenvalue weighted by Crippen LogP contribution is 2.19. The minimum atomic E-state index is -0.420. The molecule has 2 heterocycles. The van der Waals surface area contributed by atoms with Gasteiger partial charge in [-0.2, -0.15) is 0 Å². The van der Waals surface area contributed by atoms with Crippen molar-refractivity contribution in [2.45, 2.75) is 0 Å². The minimum absolute atomic E-state index is 0.396. The lowest BCUT2D eigenvalue weighted by atomic mass is 10.4. The highest BCUT2D eigenvalue weighted by atomic mass is 32.1. The van der Waals surface area contributed by atoms with E-state index in [4.69, 9.17) is 0 Å². The van der Waals surface area contributed by atoms with Crippen LogP contribution >= 0.6 is 11.5 Å². The predicted octanol–water partition coefficient (Wildman–Crippen LogP) is 0.211. The summed E-state index contributed by atoms with van der Waals surface area (Å²) in [4.78, 5) is 11.3. The van der Waals surface area contributed by atoms with E-state index in [9.17, 15) is 4.79 Å². The van der Waals surface area contributed by atoms with Crippen molar-refractivity contribution in [3.05, 3.63) is 5.69 Å². The molecule has 2 aromatic rings. The number of hydrogen-bond donors (Lipinski definition) is 0. The number of ether oxygens (including phenoxy) is 1. The third-order valence-corrected chi connectivity index (χ3v) is 2.35. The fourth-order valence-corrected chi connectivity index (χ4v) is 1.73. The molecular formula is C6H6N4O2S. The SMILES string of the molecule is COC(=O)c1c2snnc2nn1C. The van der Waals surface area contributed by atoms with Gasteiger partial charge in [0.2, 0.25) is 5.65 Å². The molecule has 0 saturated heterocycles. The number of esters is 1. The highest BCUT2D eigenvalue weighted by molar-refractivity contribution is 7.13. The Kier molecular flexibility index (Phi) is 1.73. The average Bonchev–Trinajstić information content (AvgIpc) is 2.62. The Labute approximate surface area is 77.3 Å². The van der Waals surface area contributed by atoms with Crippen molar-refractivity contribution in [3.8, 4) is 0 Å². The Hall–Kier alpha value is -1.50. The molecule has 2 aromatic heterocycles. The second-order valence-electron chi connectivity index (χ2n) is 2.39. The van der Waals surface area contributed by atoms with E-state index in [1.807, 2.05) is 0 Å². The minimum Gasteiger partial charge on any atom is -0.464 e. The molecule has 0 aromatic carbocycles. The maximum absolute atomic E-state index is 11.3. The molecule has 0 saturated carbocycles. The van der Waals surface area contributed by atoms with Crippen LogP contribution in [0.2, 0.25) is 0 Å². The van der Waals surface area contributed by atoms with Crippen LogP contribution in [0.5, 0.6) is 0 Å². The molecule has 0 atom stereocenters. The summed E-state index contributed by atoms with van der Waals surface area (Å²) in [5.41, 5.74) is 0.875. The molecule has 2 rings (SSSR count). The monoisotopic (exact) mass is 198 g/mol. The molecule has 0 bridgehead atoms. The molecule has 6 nitrogen and oxygen atoms in total. The molecule has 0 amide bonds. The van der Waals surface area contributed by atoms with Crippen molar-refractivity contribution >= 4 is 27.8 Å². The van der Waals surface area contributed by atoms with Gasteiger partial charge in [0.25, 0.3) is 0 Å². The molecule has 13 heavy (non-hydrogen) atoms. The Balaban J connectivity index is 2.70. The number of fused-ring (bicyclic) bond motifs is 1. The normalized spacial score (nSPS) is 10.6. The van der Waals surface area contributed by atoms with Gasteiger partial charge < -0.3 is 4.74 Å². The third-order valence-electron chi connectivity index (χ3n) is 1.63. The van der Waals surface area contributed by atoms with Crippen LogP contribution in [0.1, 0.15) is 10.5 Å². The molecular weight excluding hydrogens is 192 g/mol. The van der Waals surface area contributed by atoms with Crippen LogP contribution in [-0.4, -0.2) is 32.4 Å². The lowest BCUT2D eigenvalue weighted by Crippen LogP contribution is -2.08. The molecule has 0 N–H and O–H groups in total. The van der Waals surface area contributed by atoms with E-state index in [1.54, 1.807) is 7.05 Å². The van der Waals surface area contributed by atoms with Crippen LogP contribution in [0, 0.1) is 0 Å². The van der Waals surface area contributed by atoms with E-state index in [1.165, 1.54) is 11.8 Å². The highest BCUT2D eigenvalue weighted by Gasteiger charge is 2.19. The van der Waals surface area contributed by atoms with E-state index < -0.39 is 5.97 Å². The lowest BCUT2D eigenvalue weighted by molar-refractivity contribution is 0.0591. The smallest absolute Gasteiger partial charge is 0.357 e. The first kappa shape index (κ1) is 8.11. The summed E-state index contributed by atoms with van der Waals surface area (Å²) in [6, 6.07) is 0. The second kappa shape index (κ2) is 2.77. The maximum atomic E-state index is 11.3. The number of methoxy groups -OCH3 is 1. The fourth-order valence-electron chi connectivity index (χ4n) is 1.06. The van der Waals surface area contributed by atoms with E-state index >= 15 is 0 Å². The Morgan fingerprint density at radius 2 is 2.38 bits per heavy atom. The van der Waals surface area contributed by atoms with Crippen molar-refractivity contribution in [3.63, 3.8) is 0 Å². The van der Waals surface area contributed by atoms with Gasteiger partial charge in [0.05, 0.1) is 7.11 Å². The van der Waals surface area contributed by atoms with Crippen molar-refractivity contribution in [2.24, 2.45) is 7.05 Å². The molecule has 0 radical (unpaired) electrons. The zero-order valence-corrected chi connectivity index (χ0v) is 7.83. The zero-order chi connectivity index (χ0) is 9.42. The topological polar surface area (TPSA) is 69.9 Å². The Morgan fingerprint density at radius 3 is 3.08 bits per heavy atom. The van der Waals surface area contributed by atoms with Crippen molar-refractivity contribution in [2.75, 3.05) is 7.11 Å². The first-order valence-corrected chi connectivity index (χ1v) is 4.24. The van der Waals surface area contributed by atoms with Crippen LogP contribution < -0.4 is 0 Å². The number of hydrogen-bond acceptors (Lipinski definition) is 6. The first-order valence-electron chi connectivity index (χ1n) is 3.47. The van der Waals surface area contributed by atoms with Crippen LogP contribution in [0.4, 0.5) is 0 Å². The van der Waals surface area contributed by atoms with E-state index in [0.29, 0.717) is 16.0 Å². The molecule has 0 aliphatic rings. The van der Waals surface area contributed by atoms with Crippen LogP contribution in [0.15, 0.2) is 0 Å². The van der Waals surface area contributed by atoms with Gasteiger partial charge >= 0.3 is 5.97 Å². The van der Waals surface area contributed by atoms with Gasteiger partial charge in [-0.15, -0.1) is 10.2 Å². The van der Waals surface area contributed by atoms with Crippen LogP contribution in [0.25, 0.3) is 10.3 Å². The summed E-state index contributed by atoms with van der Waals surface area (Å²) in [5, 5.41) is 7.74. The predicted molar refractivity (Wildman–Crippen MR) is 45.5 cm³/mol. The van der Waals surface area contributed by atoms with Crippen LogP contribution in [-0.2, 0) is 11.8 Å². The number of aryl methyl sites for hydroxylation is 1. The number of carbonyl (C=O) groups excluding carboxylic acids is 1. The van der Waals surface area contributed by atoms with Gasteiger partial charge in [-0.1, -0.05) is 4.49 Å². The summed E-state index contributed by atoms with van der Waals surface area (Å²) in [5.74, 6) is -0.420. The Morgan fingerprint density at radius 1 is 1.62 bits per heavy atom. The van der Waals surface area contributed by atoms with Gasteiger partial charge in [0.1, 0.15) is 4.70 Å². The number of aromatic nitrogens is 4. The molecule has 0 aliphatic carbocycles. The van der Waals surface area contributed by atoms with Gasteiger partial charge in [0, 0.05) is 7.05 Å². The number of rotatable bonds is 1. The van der Waals surface area contributed by atoms with Gasteiger partial charge in [0.15, 0.2) is 5.69 Å². The molecule has 7 heteroatoms. The quantitative estimate of drug-likeness (QED) is 0.613. The standard InChI is InChI=1S/C6H6N4O2S/c1-10-3(6(11)12-2)4-5(8-10)7-9-13-4/h1-2H3. The summed E-state index contributed by atoms with van der Waals surface area (Å²) < 4.78 is 10.4. The molecule has 0 unspecified atom stereocenters. The van der Waals surface area contributed by atoms with Crippen molar-refractivity contribution < 1.29 is 9.53 Å². The maximum Gasteiger partial charge on any atom is 0.357 e. The fraction of sp³-hybridized carbons (Fsp3) is 0.333. The molecule has 68 valence electrons. The van der Waals surface area contributed by atoms with Crippen LogP contribution in [0.3, 0.4) is 0 Å². The van der Waals surface area contributed by atoms with Gasteiger partial charge in [-0.25, -0.2) is 4.79 Å². The largest absolute Gasteiger partial charge is 0.464 e. The first-order chi connectivity index (χ1) is 6.24. The molecule has 0 spiro atoms. The summed E-state index contributed by atoms with van der Waals surface area (Å²) >= 11 is 1.13. The van der Waals surface area contributed by atoms with E-state index in [-0.39, 0.29) is 0 Å². The third kappa shape index (κ3) is 1.08. The van der Waals surface area contributed by atoms with E-state index in [0.717, 1.165) is 11.5 Å². The number of carbonyl (C=O) groups is 1. The van der Waals surface area contributed by atoms with Gasteiger partial charge in [-0.3, -0.25) is 4.68 Å². The lowest BCUT2D eigenvalue weighted by Gasteiger charge is -1.97. The Bertz CT molecular complexity index is 460. The van der Waals surface area contributed by atoms with E-state index in [2.05, 4.69) is 19.4 Å². The van der Waals surface area contributed by atoms with Crippen molar-refractivity contribution in [1.29, 1.82) is 0 Å². The number of nitrogens with zero attached hydrogens (tertiary/aromatic N) is 4. The average molecular weight is 198 g/mol. The molecule has 0 fully saturated rings. The molecule has 0 aliphatic heterocycles.